The van der Waals surface area contributed by atoms with Crippen LogP contribution in [0.1, 0.15) is 23.1 Å². The molecule has 1 unspecified atom stereocenters. The monoisotopic (exact) mass is 428 g/mol. The van der Waals surface area contributed by atoms with Gasteiger partial charge < -0.3 is 16.4 Å². The maximum Gasteiger partial charge on any atom is 0.244 e. The van der Waals surface area contributed by atoms with E-state index in [0.29, 0.717) is 25.1 Å². The van der Waals surface area contributed by atoms with Crippen LogP contribution >= 0.6 is 0 Å². The number of primary amides is 1. The molecule has 3 aromatic rings. The highest BCUT2D eigenvalue weighted by molar-refractivity contribution is 5.99. The molecule has 1 heterocycles. The predicted molar refractivity (Wildman–Crippen MR) is 127 cm³/mol. The number of hydrogen-bond acceptors (Lipinski definition) is 4. The molecule has 0 saturated heterocycles. The van der Waals surface area contributed by atoms with Crippen LogP contribution in [-0.2, 0) is 29.0 Å². The Balaban J connectivity index is 1.60. The number of para-hydroxylation sites is 1. The van der Waals surface area contributed by atoms with Crippen molar-refractivity contribution in [1.82, 2.24) is 5.32 Å². The van der Waals surface area contributed by atoms with Crippen molar-refractivity contribution in [1.29, 1.82) is 0 Å². The average Bonchev–Trinajstić information content (AvgIpc) is 2.93. The number of carbonyl (C=O) groups is 2. The summed E-state index contributed by atoms with van der Waals surface area (Å²) in [5.41, 5.74) is 16.2. The van der Waals surface area contributed by atoms with Gasteiger partial charge in [-0.3, -0.25) is 14.9 Å². The van der Waals surface area contributed by atoms with Crippen molar-refractivity contribution in [3.63, 3.8) is 0 Å². The number of benzene rings is 3. The summed E-state index contributed by atoms with van der Waals surface area (Å²) in [6, 6.07) is 24.0. The Morgan fingerprint density at radius 2 is 1.66 bits per heavy atom. The van der Waals surface area contributed by atoms with Crippen LogP contribution in [0.5, 0.6) is 0 Å². The van der Waals surface area contributed by atoms with E-state index in [2.05, 4.69) is 11.4 Å². The van der Waals surface area contributed by atoms with Crippen molar-refractivity contribution in [2.24, 2.45) is 5.73 Å². The molecule has 0 spiro atoms. The number of rotatable bonds is 7. The van der Waals surface area contributed by atoms with Crippen LogP contribution in [0.4, 0.5) is 11.4 Å². The van der Waals surface area contributed by atoms with E-state index >= 15 is 0 Å². The van der Waals surface area contributed by atoms with E-state index in [9.17, 15) is 9.59 Å². The lowest BCUT2D eigenvalue weighted by atomic mass is 10.0. The van der Waals surface area contributed by atoms with E-state index in [4.69, 9.17) is 11.5 Å². The van der Waals surface area contributed by atoms with E-state index in [1.807, 2.05) is 72.8 Å². The van der Waals surface area contributed by atoms with Crippen molar-refractivity contribution < 1.29 is 9.59 Å². The number of nitrogen functional groups attached to an aromatic ring is 1. The van der Waals surface area contributed by atoms with E-state index in [1.54, 1.807) is 4.90 Å². The van der Waals surface area contributed by atoms with Crippen LogP contribution in [0, 0.1) is 0 Å². The zero-order valence-electron chi connectivity index (χ0n) is 17.9. The standard InChI is InChI=1S/C26H28N4O2/c27-21-13-10-19(11-14-21)17-30-24-9-5-4-8-20(24)12-15-22(26(30)32)29-23(25(28)31)16-18-6-2-1-3-7-18/h1-11,13-14,22-23,29H,12,15-17,27H2,(H2,28,31)/t22-,23?/m0/s1. The average molecular weight is 429 g/mol. The number of nitrogens with two attached hydrogens (primary N) is 2. The fraction of sp³-hybridized carbons (Fsp3) is 0.231. The smallest absolute Gasteiger partial charge is 0.244 e. The van der Waals surface area contributed by atoms with Gasteiger partial charge in [0.05, 0.1) is 18.6 Å². The molecule has 0 bridgehead atoms. The Morgan fingerprint density at radius 3 is 2.38 bits per heavy atom. The molecule has 1 aliphatic rings. The van der Waals surface area contributed by atoms with Crippen molar-refractivity contribution in [3.05, 3.63) is 95.6 Å². The molecule has 2 atom stereocenters. The molecule has 5 N–H and O–H groups in total. The van der Waals surface area contributed by atoms with E-state index in [0.717, 1.165) is 28.8 Å². The maximum atomic E-state index is 13.7. The lowest BCUT2D eigenvalue weighted by Gasteiger charge is -2.28. The third-order valence-corrected chi connectivity index (χ3v) is 5.90. The molecule has 3 aromatic carbocycles. The van der Waals surface area contributed by atoms with Gasteiger partial charge in [-0.2, -0.15) is 0 Å². The minimum absolute atomic E-state index is 0.0638. The molecule has 2 amide bonds. The van der Waals surface area contributed by atoms with Crippen LogP contribution in [0.25, 0.3) is 0 Å². The second-order valence-corrected chi connectivity index (χ2v) is 8.20. The van der Waals surface area contributed by atoms with E-state index in [1.165, 1.54) is 0 Å². The van der Waals surface area contributed by atoms with Crippen LogP contribution in [0.3, 0.4) is 0 Å². The summed E-state index contributed by atoms with van der Waals surface area (Å²) in [5.74, 6) is -0.528. The molecule has 6 nitrogen and oxygen atoms in total. The SMILES string of the molecule is NC(=O)C(Cc1ccccc1)N[C@H]1CCc2ccccc2N(Cc2ccc(N)cc2)C1=O. The van der Waals surface area contributed by atoms with Crippen LogP contribution in [0.2, 0.25) is 0 Å². The molecule has 0 saturated carbocycles. The normalized spacial score (nSPS) is 16.8. The topological polar surface area (TPSA) is 101 Å². The highest BCUT2D eigenvalue weighted by Gasteiger charge is 2.32. The molecule has 0 aliphatic carbocycles. The first kappa shape index (κ1) is 21.6. The summed E-state index contributed by atoms with van der Waals surface area (Å²) in [4.78, 5) is 27.7. The predicted octanol–water partition coefficient (Wildman–Crippen LogP) is 2.80. The largest absolute Gasteiger partial charge is 0.399 e. The second kappa shape index (κ2) is 9.66. The van der Waals surface area contributed by atoms with Gasteiger partial charge >= 0.3 is 0 Å². The van der Waals surface area contributed by atoms with Gasteiger partial charge in [0.2, 0.25) is 11.8 Å². The number of amides is 2. The number of fused-ring (bicyclic) bond motifs is 1. The summed E-state index contributed by atoms with van der Waals surface area (Å²) < 4.78 is 0. The molecular formula is C26H28N4O2. The van der Waals surface area contributed by atoms with Gasteiger partial charge in [0.25, 0.3) is 0 Å². The van der Waals surface area contributed by atoms with Crippen molar-refractivity contribution in [3.8, 4) is 0 Å². The van der Waals surface area contributed by atoms with Gasteiger partial charge in [0.1, 0.15) is 0 Å². The summed E-state index contributed by atoms with van der Waals surface area (Å²) in [6.07, 6.45) is 1.76. The molecule has 4 rings (SSSR count). The summed E-state index contributed by atoms with van der Waals surface area (Å²) in [7, 11) is 0. The van der Waals surface area contributed by atoms with Crippen LogP contribution in [0.15, 0.2) is 78.9 Å². The molecule has 0 aromatic heterocycles. The van der Waals surface area contributed by atoms with Gasteiger partial charge in [-0.05, 0) is 54.2 Å². The number of aryl methyl sites for hydroxylation is 1. The zero-order valence-corrected chi connectivity index (χ0v) is 17.9. The maximum absolute atomic E-state index is 13.7. The van der Waals surface area contributed by atoms with Gasteiger partial charge in [0, 0.05) is 11.4 Å². The molecule has 32 heavy (non-hydrogen) atoms. The molecule has 6 heteroatoms. The third-order valence-electron chi connectivity index (χ3n) is 5.90. The summed E-state index contributed by atoms with van der Waals surface area (Å²) in [6.45, 7) is 0.425. The highest BCUT2D eigenvalue weighted by atomic mass is 16.2. The quantitative estimate of drug-likeness (QED) is 0.504. The fourth-order valence-corrected chi connectivity index (χ4v) is 4.17. The number of anilines is 2. The second-order valence-electron chi connectivity index (χ2n) is 8.20. The number of nitrogens with one attached hydrogen (secondary N) is 1. The molecule has 164 valence electrons. The fourth-order valence-electron chi connectivity index (χ4n) is 4.17. The van der Waals surface area contributed by atoms with E-state index < -0.39 is 18.0 Å². The number of hydrogen-bond donors (Lipinski definition) is 3. The summed E-state index contributed by atoms with van der Waals surface area (Å²) >= 11 is 0. The Kier molecular flexibility index (Phi) is 6.52. The Bertz CT molecular complexity index is 1080. The lowest BCUT2D eigenvalue weighted by molar-refractivity contribution is -0.122. The van der Waals surface area contributed by atoms with Gasteiger partial charge in [-0.1, -0.05) is 60.7 Å². The van der Waals surface area contributed by atoms with Crippen molar-refractivity contribution >= 4 is 23.2 Å². The number of nitrogens with zero attached hydrogens (tertiary/aromatic N) is 1. The summed E-state index contributed by atoms with van der Waals surface area (Å²) in [5, 5.41) is 3.27. The molecule has 0 radical (unpaired) electrons. The zero-order chi connectivity index (χ0) is 22.5. The van der Waals surface area contributed by atoms with Crippen molar-refractivity contribution in [2.75, 3.05) is 10.6 Å². The highest BCUT2D eigenvalue weighted by Crippen LogP contribution is 2.29. The minimum atomic E-state index is -0.633. The molecule has 0 fully saturated rings. The molecular weight excluding hydrogens is 400 g/mol. The van der Waals surface area contributed by atoms with Crippen LogP contribution < -0.4 is 21.7 Å². The first-order chi connectivity index (χ1) is 15.5. The Hall–Kier alpha value is -3.64. The third kappa shape index (κ3) is 4.98. The van der Waals surface area contributed by atoms with Gasteiger partial charge in [0.15, 0.2) is 0 Å². The van der Waals surface area contributed by atoms with Gasteiger partial charge in [-0.25, -0.2) is 0 Å². The Labute approximate surface area is 188 Å². The first-order valence-corrected chi connectivity index (χ1v) is 10.8. The van der Waals surface area contributed by atoms with E-state index in [-0.39, 0.29) is 5.91 Å². The lowest BCUT2D eigenvalue weighted by Crippen LogP contribution is -2.53. The molecule has 1 aliphatic heterocycles. The van der Waals surface area contributed by atoms with Gasteiger partial charge in [-0.15, -0.1) is 0 Å². The number of carbonyl (C=O) groups excluding carboxylic acids is 2. The first-order valence-electron chi connectivity index (χ1n) is 10.8. The minimum Gasteiger partial charge on any atom is -0.399 e. The Morgan fingerprint density at radius 1 is 0.969 bits per heavy atom. The van der Waals surface area contributed by atoms with Crippen LogP contribution in [-0.4, -0.2) is 23.9 Å². The van der Waals surface area contributed by atoms with Crippen molar-refractivity contribution in [2.45, 2.75) is 37.9 Å².